The molecule has 4 nitrogen and oxygen atoms in total. The maximum Gasteiger partial charge on any atom is 0.262 e. The van der Waals surface area contributed by atoms with E-state index in [0.717, 1.165) is 0 Å². The van der Waals surface area contributed by atoms with Crippen LogP contribution in [-0.2, 0) is 4.79 Å². The molecule has 110 valence electrons. The van der Waals surface area contributed by atoms with Crippen molar-refractivity contribution in [2.75, 3.05) is 17.7 Å². The zero-order valence-corrected chi connectivity index (χ0v) is 13.0. The number of carbonyl (C=O) groups excluding carboxylic acids is 1. The van der Waals surface area contributed by atoms with E-state index in [2.05, 4.69) is 5.32 Å². The van der Waals surface area contributed by atoms with Gasteiger partial charge in [0.1, 0.15) is 5.75 Å². The summed E-state index contributed by atoms with van der Waals surface area (Å²) in [6.45, 7) is -0.216. The molecule has 0 atom stereocenters. The van der Waals surface area contributed by atoms with Crippen LogP contribution in [-0.4, -0.2) is 12.5 Å². The van der Waals surface area contributed by atoms with Crippen molar-refractivity contribution in [3.05, 3.63) is 51.5 Å². The van der Waals surface area contributed by atoms with Crippen molar-refractivity contribution < 1.29 is 9.53 Å². The molecule has 2 rings (SSSR count). The monoisotopic (exact) mass is 344 g/mol. The quantitative estimate of drug-likeness (QED) is 0.814. The van der Waals surface area contributed by atoms with Crippen molar-refractivity contribution >= 4 is 52.1 Å². The van der Waals surface area contributed by atoms with Crippen LogP contribution in [0.25, 0.3) is 0 Å². The van der Waals surface area contributed by atoms with Crippen molar-refractivity contribution in [3.8, 4) is 5.75 Å². The Bertz CT molecular complexity index is 677. The highest BCUT2D eigenvalue weighted by Crippen LogP contribution is 2.28. The molecule has 0 heterocycles. The molecule has 0 fully saturated rings. The van der Waals surface area contributed by atoms with Gasteiger partial charge in [-0.1, -0.05) is 34.8 Å². The summed E-state index contributed by atoms with van der Waals surface area (Å²) in [4.78, 5) is 11.8. The number of halogens is 3. The first-order chi connectivity index (χ1) is 9.95. The van der Waals surface area contributed by atoms with Crippen molar-refractivity contribution in [1.29, 1.82) is 0 Å². The minimum atomic E-state index is -0.381. The molecular formula is C14H11Cl3N2O2. The first-order valence-electron chi connectivity index (χ1n) is 5.88. The summed E-state index contributed by atoms with van der Waals surface area (Å²) in [5, 5.41) is 3.82. The zero-order valence-electron chi connectivity index (χ0n) is 10.7. The number of ether oxygens (including phenoxy) is 1. The number of anilines is 2. The van der Waals surface area contributed by atoms with E-state index >= 15 is 0 Å². The number of rotatable bonds is 4. The third-order valence-electron chi connectivity index (χ3n) is 2.52. The van der Waals surface area contributed by atoms with Crippen LogP contribution in [0.1, 0.15) is 0 Å². The number of benzene rings is 2. The predicted molar refractivity (Wildman–Crippen MR) is 86.5 cm³/mol. The second-order valence-electron chi connectivity index (χ2n) is 4.15. The van der Waals surface area contributed by atoms with Crippen LogP contribution < -0.4 is 15.8 Å². The van der Waals surface area contributed by atoms with Crippen LogP contribution >= 0.6 is 34.8 Å². The van der Waals surface area contributed by atoms with E-state index in [1.54, 1.807) is 30.3 Å². The van der Waals surface area contributed by atoms with Crippen molar-refractivity contribution in [2.24, 2.45) is 0 Å². The van der Waals surface area contributed by atoms with Crippen LogP contribution in [0.5, 0.6) is 5.75 Å². The minimum Gasteiger partial charge on any atom is -0.482 e. The fourth-order valence-corrected chi connectivity index (χ4v) is 2.19. The molecule has 21 heavy (non-hydrogen) atoms. The van der Waals surface area contributed by atoms with E-state index in [0.29, 0.717) is 32.2 Å². The molecule has 7 heteroatoms. The van der Waals surface area contributed by atoms with Gasteiger partial charge in [-0.25, -0.2) is 0 Å². The lowest BCUT2D eigenvalue weighted by atomic mass is 10.3. The highest BCUT2D eigenvalue weighted by atomic mass is 35.5. The van der Waals surface area contributed by atoms with E-state index in [1.807, 2.05) is 0 Å². The van der Waals surface area contributed by atoms with E-state index in [4.69, 9.17) is 45.3 Å². The summed E-state index contributed by atoms with van der Waals surface area (Å²) in [6.07, 6.45) is 0. The maximum absolute atomic E-state index is 11.8. The molecule has 0 aliphatic carbocycles. The molecular weight excluding hydrogens is 335 g/mol. The Morgan fingerprint density at radius 1 is 1.10 bits per heavy atom. The SMILES string of the molecule is Nc1ccc(Cl)c(NC(=O)COc2ccc(Cl)cc2Cl)c1. The van der Waals surface area contributed by atoms with E-state index in [-0.39, 0.29) is 12.5 Å². The average Bonchev–Trinajstić information content (AvgIpc) is 2.42. The van der Waals surface area contributed by atoms with Crippen molar-refractivity contribution in [3.63, 3.8) is 0 Å². The third-order valence-corrected chi connectivity index (χ3v) is 3.38. The van der Waals surface area contributed by atoms with E-state index in [1.165, 1.54) is 6.07 Å². The number of carbonyl (C=O) groups is 1. The topological polar surface area (TPSA) is 64.3 Å². The van der Waals surface area contributed by atoms with Gasteiger partial charge in [0, 0.05) is 10.7 Å². The Morgan fingerprint density at radius 2 is 1.86 bits per heavy atom. The van der Waals surface area contributed by atoms with Gasteiger partial charge in [0.05, 0.1) is 15.7 Å². The Balaban J connectivity index is 1.97. The van der Waals surface area contributed by atoms with Gasteiger partial charge in [-0.3, -0.25) is 4.79 Å². The molecule has 0 aromatic heterocycles. The normalized spacial score (nSPS) is 10.2. The van der Waals surface area contributed by atoms with Gasteiger partial charge < -0.3 is 15.8 Å². The van der Waals surface area contributed by atoms with Gasteiger partial charge in [0.25, 0.3) is 5.91 Å². The number of hydrogen-bond donors (Lipinski definition) is 2. The molecule has 2 aromatic rings. The van der Waals surface area contributed by atoms with Gasteiger partial charge in [0.2, 0.25) is 0 Å². The second kappa shape index (κ2) is 6.89. The van der Waals surface area contributed by atoms with Crippen molar-refractivity contribution in [2.45, 2.75) is 0 Å². The Kier molecular flexibility index (Phi) is 5.17. The van der Waals surface area contributed by atoms with Gasteiger partial charge in [-0.05, 0) is 36.4 Å². The average molecular weight is 346 g/mol. The molecule has 0 saturated carbocycles. The molecule has 0 aliphatic heterocycles. The fourth-order valence-electron chi connectivity index (χ4n) is 1.56. The summed E-state index contributed by atoms with van der Waals surface area (Å²) >= 11 is 17.7. The molecule has 0 unspecified atom stereocenters. The first-order valence-corrected chi connectivity index (χ1v) is 7.02. The maximum atomic E-state index is 11.8. The molecule has 3 N–H and O–H groups in total. The molecule has 0 radical (unpaired) electrons. The minimum absolute atomic E-state index is 0.216. The van der Waals surface area contributed by atoms with Gasteiger partial charge in [-0.15, -0.1) is 0 Å². The largest absolute Gasteiger partial charge is 0.482 e. The fraction of sp³-hybridized carbons (Fsp3) is 0.0714. The van der Waals surface area contributed by atoms with Crippen LogP contribution in [0.4, 0.5) is 11.4 Å². The van der Waals surface area contributed by atoms with Crippen molar-refractivity contribution in [1.82, 2.24) is 0 Å². The number of amides is 1. The number of hydrogen-bond acceptors (Lipinski definition) is 3. The molecule has 1 amide bonds. The lowest BCUT2D eigenvalue weighted by Crippen LogP contribution is -2.20. The standard InChI is InChI=1S/C14H11Cl3N2O2/c15-8-1-4-13(11(17)5-8)21-7-14(20)19-12-6-9(18)2-3-10(12)16/h1-6H,7,18H2,(H,19,20). The third kappa shape index (κ3) is 4.43. The van der Waals surface area contributed by atoms with Crippen LogP contribution in [0, 0.1) is 0 Å². The number of nitrogens with two attached hydrogens (primary N) is 1. The lowest BCUT2D eigenvalue weighted by molar-refractivity contribution is -0.118. The summed E-state index contributed by atoms with van der Waals surface area (Å²) in [6, 6.07) is 9.55. The Hall–Kier alpha value is -1.62. The molecule has 0 aliphatic rings. The highest BCUT2D eigenvalue weighted by molar-refractivity contribution is 6.35. The van der Waals surface area contributed by atoms with E-state index in [9.17, 15) is 4.79 Å². The molecule has 0 saturated heterocycles. The van der Waals surface area contributed by atoms with Crippen LogP contribution in [0.2, 0.25) is 15.1 Å². The zero-order chi connectivity index (χ0) is 15.4. The highest BCUT2D eigenvalue weighted by Gasteiger charge is 2.09. The molecule has 2 aromatic carbocycles. The van der Waals surface area contributed by atoms with Gasteiger partial charge >= 0.3 is 0 Å². The Morgan fingerprint density at radius 3 is 2.57 bits per heavy atom. The van der Waals surface area contributed by atoms with Gasteiger partial charge in [0.15, 0.2) is 6.61 Å². The van der Waals surface area contributed by atoms with Crippen LogP contribution in [0.15, 0.2) is 36.4 Å². The van der Waals surface area contributed by atoms with Gasteiger partial charge in [-0.2, -0.15) is 0 Å². The number of nitrogens with one attached hydrogen (secondary N) is 1. The second-order valence-corrected chi connectivity index (χ2v) is 5.40. The Labute approximate surface area is 136 Å². The lowest BCUT2D eigenvalue weighted by Gasteiger charge is -2.10. The first kappa shape index (κ1) is 15.8. The predicted octanol–water partition coefficient (Wildman–Crippen LogP) is 4.25. The number of nitrogen functional groups attached to an aromatic ring is 1. The molecule has 0 bridgehead atoms. The summed E-state index contributed by atoms with van der Waals surface area (Å²) < 4.78 is 5.32. The summed E-state index contributed by atoms with van der Waals surface area (Å²) in [5.74, 6) is -0.0107. The smallest absolute Gasteiger partial charge is 0.262 e. The summed E-state index contributed by atoms with van der Waals surface area (Å²) in [5.41, 5.74) is 6.55. The van der Waals surface area contributed by atoms with Crippen LogP contribution in [0.3, 0.4) is 0 Å². The van der Waals surface area contributed by atoms with E-state index < -0.39 is 0 Å². The summed E-state index contributed by atoms with van der Waals surface area (Å²) in [7, 11) is 0. The molecule has 0 spiro atoms.